The molecule has 5 aromatic rings. The number of para-hydroxylation sites is 1. The van der Waals surface area contributed by atoms with Crippen LogP contribution in [0.1, 0.15) is 22.3 Å². The number of halogens is 1. The second-order valence-electron chi connectivity index (χ2n) is 8.66. The standard InChI is InChI=1S/C31H19ClO/c32-22-16-13-20(14-17-22)21-15-18-30-28(19-21)31(27-11-5-6-12-29(27)33-30)25-9-3-1-7-23(25)24-8-2-4-10-26(24)31/h1-19H. The molecular formula is C31H19ClO. The van der Waals surface area contributed by atoms with Crippen LogP contribution in [-0.2, 0) is 5.41 Å². The van der Waals surface area contributed by atoms with Gasteiger partial charge in [-0.25, -0.2) is 0 Å². The van der Waals surface area contributed by atoms with Crippen molar-refractivity contribution in [2.75, 3.05) is 0 Å². The first kappa shape index (κ1) is 18.7. The van der Waals surface area contributed by atoms with Gasteiger partial charge < -0.3 is 4.74 Å². The van der Waals surface area contributed by atoms with Crippen LogP contribution in [0.5, 0.6) is 11.5 Å². The number of fused-ring (bicyclic) bond motifs is 9. The van der Waals surface area contributed by atoms with Gasteiger partial charge in [-0.05, 0) is 63.7 Å². The first-order valence-corrected chi connectivity index (χ1v) is 11.5. The summed E-state index contributed by atoms with van der Waals surface area (Å²) in [6.45, 7) is 0. The van der Waals surface area contributed by atoms with Crippen molar-refractivity contribution in [2.45, 2.75) is 5.41 Å². The molecule has 5 aromatic carbocycles. The second-order valence-corrected chi connectivity index (χ2v) is 9.09. The minimum absolute atomic E-state index is 0.431. The van der Waals surface area contributed by atoms with Crippen molar-refractivity contribution < 1.29 is 4.74 Å². The topological polar surface area (TPSA) is 9.23 Å². The quantitative estimate of drug-likeness (QED) is 0.247. The second kappa shape index (κ2) is 6.84. The number of rotatable bonds is 1. The van der Waals surface area contributed by atoms with Gasteiger partial charge in [-0.15, -0.1) is 0 Å². The molecule has 0 radical (unpaired) electrons. The Kier molecular flexibility index (Phi) is 3.88. The van der Waals surface area contributed by atoms with E-state index in [-0.39, 0.29) is 0 Å². The smallest absolute Gasteiger partial charge is 0.132 e. The molecule has 1 aliphatic heterocycles. The molecule has 1 heterocycles. The molecule has 1 spiro atoms. The Morgan fingerprint density at radius 3 is 1.73 bits per heavy atom. The predicted molar refractivity (Wildman–Crippen MR) is 134 cm³/mol. The largest absolute Gasteiger partial charge is 0.457 e. The van der Waals surface area contributed by atoms with Crippen LogP contribution in [0.3, 0.4) is 0 Å². The summed E-state index contributed by atoms with van der Waals surface area (Å²) in [5, 5.41) is 0.740. The molecule has 33 heavy (non-hydrogen) atoms. The van der Waals surface area contributed by atoms with Crippen LogP contribution < -0.4 is 4.74 Å². The molecule has 156 valence electrons. The maximum Gasteiger partial charge on any atom is 0.132 e. The molecule has 0 saturated heterocycles. The average molecular weight is 443 g/mol. The van der Waals surface area contributed by atoms with Crippen LogP contribution in [-0.4, -0.2) is 0 Å². The SMILES string of the molecule is Clc1ccc(-c2ccc3c(c2)C2(c4ccccc4O3)c3ccccc3-c3ccccc32)cc1. The van der Waals surface area contributed by atoms with E-state index in [1.165, 1.54) is 33.4 Å². The van der Waals surface area contributed by atoms with Crippen LogP contribution in [0.2, 0.25) is 5.02 Å². The van der Waals surface area contributed by atoms with Gasteiger partial charge in [0.2, 0.25) is 0 Å². The maximum atomic E-state index is 6.48. The Hall–Kier alpha value is -3.81. The number of benzene rings is 5. The third kappa shape index (κ3) is 2.49. The summed E-state index contributed by atoms with van der Waals surface area (Å²) in [7, 11) is 0. The normalized spacial score (nSPS) is 14.1. The van der Waals surface area contributed by atoms with Gasteiger partial charge in [0.25, 0.3) is 0 Å². The van der Waals surface area contributed by atoms with Crippen molar-refractivity contribution >= 4 is 11.6 Å². The Bertz CT molecular complexity index is 1500. The van der Waals surface area contributed by atoms with Crippen molar-refractivity contribution in [1.82, 2.24) is 0 Å². The summed E-state index contributed by atoms with van der Waals surface area (Å²) in [6.07, 6.45) is 0. The molecule has 0 amide bonds. The summed E-state index contributed by atoms with van der Waals surface area (Å²) in [5.74, 6) is 1.81. The number of hydrogen-bond donors (Lipinski definition) is 0. The summed E-state index contributed by atoms with van der Waals surface area (Å²) in [4.78, 5) is 0. The minimum atomic E-state index is -0.431. The molecule has 1 aliphatic carbocycles. The number of ether oxygens (including phenoxy) is 1. The van der Waals surface area contributed by atoms with Crippen molar-refractivity contribution in [3.8, 4) is 33.8 Å². The first-order chi connectivity index (χ1) is 16.3. The zero-order chi connectivity index (χ0) is 22.0. The number of hydrogen-bond acceptors (Lipinski definition) is 1. The van der Waals surface area contributed by atoms with E-state index in [0.29, 0.717) is 0 Å². The lowest BCUT2D eigenvalue weighted by molar-refractivity contribution is 0.436. The predicted octanol–water partition coefficient (Wildman–Crippen LogP) is 8.48. The molecule has 7 rings (SSSR count). The molecule has 0 N–H and O–H groups in total. The van der Waals surface area contributed by atoms with Crippen molar-refractivity contribution in [3.63, 3.8) is 0 Å². The van der Waals surface area contributed by atoms with Crippen molar-refractivity contribution in [2.24, 2.45) is 0 Å². The molecule has 0 saturated carbocycles. The van der Waals surface area contributed by atoms with Crippen molar-refractivity contribution in [3.05, 3.63) is 143 Å². The van der Waals surface area contributed by atoms with Crippen LogP contribution in [0, 0.1) is 0 Å². The highest BCUT2D eigenvalue weighted by Gasteiger charge is 2.50. The molecule has 2 aliphatic rings. The van der Waals surface area contributed by atoms with Crippen LogP contribution >= 0.6 is 11.6 Å². The third-order valence-corrected chi connectivity index (χ3v) is 7.28. The monoisotopic (exact) mass is 442 g/mol. The zero-order valence-corrected chi connectivity index (χ0v) is 18.5. The van der Waals surface area contributed by atoms with Gasteiger partial charge in [0, 0.05) is 16.1 Å². The molecule has 2 heteroatoms. The Labute approximate surface area is 197 Å². The van der Waals surface area contributed by atoms with Gasteiger partial charge in [0.15, 0.2) is 0 Å². The molecule has 1 nitrogen and oxygen atoms in total. The van der Waals surface area contributed by atoms with E-state index < -0.39 is 5.41 Å². The van der Waals surface area contributed by atoms with Gasteiger partial charge in [0.05, 0.1) is 5.41 Å². The maximum absolute atomic E-state index is 6.48. The van der Waals surface area contributed by atoms with E-state index in [1.807, 2.05) is 18.2 Å². The summed E-state index contributed by atoms with van der Waals surface area (Å²) in [6, 6.07) is 40.6. The molecule has 0 unspecified atom stereocenters. The van der Waals surface area contributed by atoms with E-state index in [2.05, 4.69) is 97.1 Å². The van der Waals surface area contributed by atoms with E-state index in [9.17, 15) is 0 Å². The minimum Gasteiger partial charge on any atom is -0.457 e. The molecule has 0 aromatic heterocycles. The highest BCUT2D eigenvalue weighted by Crippen LogP contribution is 2.62. The fourth-order valence-electron chi connectivity index (χ4n) is 5.68. The Balaban J connectivity index is 1.61. The highest BCUT2D eigenvalue weighted by molar-refractivity contribution is 6.30. The van der Waals surface area contributed by atoms with E-state index in [0.717, 1.165) is 27.6 Å². The van der Waals surface area contributed by atoms with Gasteiger partial charge in [-0.3, -0.25) is 0 Å². The van der Waals surface area contributed by atoms with E-state index in [4.69, 9.17) is 16.3 Å². The Morgan fingerprint density at radius 2 is 1.03 bits per heavy atom. The molecule has 0 bridgehead atoms. The lowest BCUT2D eigenvalue weighted by Crippen LogP contribution is -2.32. The van der Waals surface area contributed by atoms with Gasteiger partial charge in [0.1, 0.15) is 11.5 Å². The first-order valence-electron chi connectivity index (χ1n) is 11.1. The third-order valence-electron chi connectivity index (χ3n) is 7.02. The molecule has 0 atom stereocenters. The summed E-state index contributed by atoms with van der Waals surface area (Å²) < 4.78 is 6.48. The van der Waals surface area contributed by atoms with Gasteiger partial charge in [-0.2, -0.15) is 0 Å². The van der Waals surface area contributed by atoms with Crippen LogP contribution in [0.4, 0.5) is 0 Å². The Morgan fingerprint density at radius 1 is 0.485 bits per heavy atom. The fourth-order valence-corrected chi connectivity index (χ4v) is 5.80. The van der Waals surface area contributed by atoms with Gasteiger partial charge >= 0.3 is 0 Å². The summed E-state index contributed by atoms with van der Waals surface area (Å²) >= 11 is 6.16. The summed E-state index contributed by atoms with van der Waals surface area (Å²) in [5.41, 5.74) is 9.38. The van der Waals surface area contributed by atoms with Crippen LogP contribution in [0.15, 0.2) is 115 Å². The fraction of sp³-hybridized carbons (Fsp3) is 0.0323. The van der Waals surface area contributed by atoms with E-state index >= 15 is 0 Å². The lowest BCUT2D eigenvalue weighted by atomic mass is 9.66. The highest BCUT2D eigenvalue weighted by atomic mass is 35.5. The lowest BCUT2D eigenvalue weighted by Gasteiger charge is -2.39. The average Bonchev–Trinajstić information content (AvgIpc) is 3.16. The zero-order valence-electron chi connectivity index (χ0n) is 17.8. The van der Waals surface area contributed by atoms with E-state index in [1.54, 1.807) is 0 Å². The molecule has 0 fully saturated rings. The van der Waals surface area contributed by atoms with Crippen molar-refractivity contribution in [1.29, 1.82) is 0 Å². The molecular weight excluding hydrogens is 424 g/mol. The van der Waals surface area contributed by atoms with Gasteiger partial charge in [-0.1, -0.05) is 96.5 Å². The van der Waals surface area contributed by atoms with Crippen LogP contribution in [0.25, 0.3) is 22.3 Å².